The van der Waals surface area contributed by atoms with Gasteiger partial charge in [0.1, 0.15) is 26.1 Å². The standard InChI is InChI=1S/C22H20ClF3N4O3S2.C22H20ClN5O3S2/c23-17-3-1-15(2-4-17)21(31)28-14-18-5-6-20(34-18)35(32,33)30-11-9-29(10-12-30)19-13-16(7-8-27-19)22(24,25)26;23-18-4-2-17(3-5-18)22(29)26-15-19-6-8-21(32-19)33(30,31)28-11-9-27(10-12-28)20-7-1-16(13-24)14-25-20/h1-8,13H,9-12,14H2,(H,28,31);1-8,14H,9-12,15H2,(H,26,29). The van der Waals surface area contributed by atoms with E-state index in [0.717, 1.165) is 51.7 Å². The fourth-order valence-corrected chi connectivity index (χ4v) is 12.9. The van der Waals surface area contributed by atoms with Gasteiger partial charge in [0, 0.05) is 95.7 Å². The van der Waals surface area contributed by atoms with E-state index in [1.165, 1.54) is 20.9 Å². The maximum absolute atomic E-state index is 13.1. The Bertz CT molecular complexity index is 2990. The number of piperazine rings is 2. The first-order valence-electron chi connectivity index (χ1n) is 20.6. The quantitative estimate of drug-likeness (QED) is 0.125. The summed E-state index contributed by atoms with van der Waals surface area (Å²) in [7, 11) is -7.39. The lowest BCUT2D eigenvalue weighted by atomic mass is 10.2. The summed E-state index contributed by atoms with van der Waals surface area (Å²) >= 11 is 13.9. The molecule has 0 atom stereocenters. The molecule has 0 aliphatic carbocycles. The summed E-state index contributed by atoms with van der Waals surface area (Å²) in [4.78, 5) is 37.8. The zero-order valence-electron chi connectivity index (χ0n) is 35.6. The Hall–Kier alpha value is -5.64. The third kappa shape index (κ3) is 12.5. The first-order chi connectivity index (χ1) is 32.4. The summed E-state index contributed by atoms with van der Waals surface area (Å²) in [6.45, 7) is 2.74. The number of hydrogen-bond donors (Lipinski definition) is 2. The lowest BCUT2D eigenvalue weighted by molar-refractivity contribution is -0.137. The average molecular weight is 1050 g/mol. The second kappa shape index (κ2) is 21.8. The van der Waals surface area contributed by atoms with E-state index >= 15 is 0 Å². The van der Waals surface area contributed by atoms with Crippen molar-refractivity contribution in [1.82, 2.24) is 29.2 Å². The van der Waals surface area contributed by atoms with Gasteiger partial charge in [-0.25, -0.2) is 26.8 Å². The molecule has 0 radical (unpaired) electrons. The first-order valence-corrected chi connectivity index (χ1v) is 25.8. The Morgan fingerprint density at radius 2 is 1.09 bits per heavy atom. The second-order valence-corrected chi connectivity index (χ2v) is 22.6. The molecule has 356 valence electrons. The van der Waals surface area contributed by atoms with E-state index in [1.54, 1.807) is 83.8 Å². The zero-order chi connectivity index (χ0) is 48.6. The minimum absolute atomic E-state index is 0.112. The van der Waals surface area contributed by atoms with Crippen LogP contribution in [0.15, 0.2) is 118 Å². The Morgan fingerprint density at radius 1 is 0.632 bits per heavy atom. The molecule has 0 saturated carbocycles. The molecule has 2 aromatic carbocycles. The van der Waals surface area contributed by atoms with Gasteiger partial charge >= 0.3 is 6.18 Å². The van der Waals surface area contributed by atoms with Crippen molar-refractivity contribution in [2.75, 3.05) is 62.2 Å². The normalized spacial score (nSPS) is 14.9. The number of sulfonamides is 2. The van der Waals surface area contributed by atoms with Gasteiger partial charge < -0.3 is 20.4 Å². The van der Waals surface area contributed by atoms with Crippen molar-refractivity contribution < 1.29 is 39.6 Å². The minimum atomic E-state index is -4.48. The highest BCUT2D eigenvalue weighted by molar-refractivity contribution is 7.91. The highest BCUT2D eigenvalue weighted by Crippen LogP contribution is 2.32. The fraction of sp³-hybridized carbons (Fsp3) is 0.250. The van der Waals surface area contributed by atoms with E-state index in [4.69, 9.17) is 28.5 Å². The maximum Gasteiger partial charge on any atom is 0.416 e. The number of pyridine rings is 2. The van der Waals surface area contributed by atoms with E-state index in [0.29, 0.717) is 57.8 Å². The summed E-state index contributed by atoms with van der Waals surface area (Å²) < 4.78 is 94.4. The molecule has 6 aromatic rings. The molecular weight excluding hydrogens is 1010 g/mol. The van der Waals surface area contributed by atoms with Crippen LogP contribution >= 0.6 is 45.9 Å². The van der Waals surface area contributed by atoms with Crippen molar-refractivity contribution in [3.63, 3.8) is 0 Å². The summed E-state index contributed by atoms with van der Waals surface area (Å²) in [6.07, 6.45) is -1.87. The molecule has 2 N–H and O–H groups in total. The maximum atomic E-state index is 13.1. The molecule has 15 nitrogen and oxygen atoms in total. The van der Waals surface area contributed by atoms with Gasteiger partial charge in [0.2, 0.25) is 0 Å². The van der Waals surface area contributed by atoms with E-state index in [9.17, 15) is 39.6 Å². The van der Waals surface area contributed by atoms with Crippen LogP contribution in [0.1, 0.15) is 41.6 Å². The number of nitrogens with one attached hydrogen (secondary N) is 2. The lowest BCUT2D eigenvalue weighted by Crippen LogP contribution is -2.48. The summed E-state index contributed by atoms with van der Waals surface area (Å²) in [5.74, 6) is 0.323. The highest BCUT2D eigenvalue weighted by Gasteiger charge is 2.34. The van der Waals surface area contributed by atoms with Crippen molar-refractivity contribution in [2.45, 2.75) is 27.7 Å². The van der Waals surface area contributed by atoms with Crippen molar-refractivity contribution in [3.05, 3.63) is 152 Å². The number of amides is 2. The van der Waals surface area contributed by atoms with Gasteiger partial charge in [-0.2, -0.15) is 27.0 Å². The predicted molar refractivity (Wildman–Crippen MR) is 254 cm³/mol. The number of carbonyl (C=O) groups is 2. The third-order valence-corrected chi connectivity index (χ3v) is 18.0. The van der Waals surface area contributed by atoms with Gasteiger partial charge in [0.25, 0.3) is 31.9 Å². The molecule has 2 fully saturated rings. The Balaban J connectivity index is 0.000000202. The van der Waals surface area contributed by atoms with E-state index in [2.05, 4.69) is 20.6 Å². The van der Waals surface area contributed by atoms with E-state index in [1.807, 2.05) is 11.0 Å². The number of benzene rings is 2. The molecule has 0 unspecified atom stereocenters. The zero-order valence-corrected chi connectivity index (χ0v) is 40.3. The Morgan fingerprint density at radius 3 is 1.50 bits per heavy atom. The average Bonchev–Trinajstić information content (AvgIpc) is 4.05. The van der Waals surface area contributed by atoms with Crippen molar-refractivity contribution in [2.24, 2.45) is 0 Å². The Labute approximate surface area is 408 Å². The molecule has 6 heterocycles. The van der Waals surface area contributed by atoms with E-state index in [-0.39, 0.29) is 65.3 Å². The first kappa shape index (κ1) is 50.2. The number of aromatic nitrogens is 2. The number of halogens is 5. The molecule has 24 heteroatoms. The number of rotatable bonds is 12. The predicted octanol–water partition coefficient (Wildman–Crippen LogP) is 7.37. The van der Waals surface area contributed by atoms with Crippen LogP contribution in [-0.4, -0.2) is 99.6 Å². The second-order valence-electron chi connectivity index (χ2n) is 15.0. The van der Waals surface area contributed by atoms with Crippen molar-refractivity contribution in [1.29, 1.82) is 5.26 Å². The number of nitriles is 1. The molecule has 2 aliphatic rings. The van der Waals surface area contributed by atoms with Crippen LogP contribution in [0.4, 0.5) is 24.8 Å². The van der Waals surface area contributed by atoms with Crippen LogP contribution < -0.4 is 20.4 Å². The van der Waals surface area contributed by atoms with Crippen molar-refractivity contribution in [3.8, 4) is 6.07 Å². The topological polar surface area (TPSA) is 189 Å². The van der Waals surface area contributed by atoms with Gasteiger partial charge in [0.15, 0.2) is 0 Å². The number of carbonyl (C=O) groups excluding carboxylic acids is 2. The van der Waals surface area contributed by atoms with Gasteiger partial charge in [-0.15, -0.1) is 22.7 Å². The molecule has 2 aliphatic heterocycles. The number of anilines is 2. The molecular formula is C44H40Cl2F3N9O6S4. The molecule has 0 bridgehead atoms. The van der Waals surface area contributed by atoms with Crippen LogP contribution in [0, 0.1) is 11.3 Å². The molecule has 2 amide bonds. The largest absolute Gasteiger partial charge is 0.416 e. The molecule has 2 saturated heterocycles. The van der Waals surface area contributed by atoms with Crippen LogP contribution in [0.5, 0.6) is 0 Å². The summed E-state index contributed by atoms with van der Waals surface area (Å²) in [5, 5.41) is 15.5. The minimum Gasteiger partial charge on any atom is -0.354 e. The van der Waals surface area contributed by atoms with Gasteiger partial charge in [-0.05, 0) is 97.1 Å². The molecule has 4 aromatic heterocycles. The number of nitrogens with zero attached hydrogens (tertiary/aromatic N) is 7. The van der Waals surface area contributed by atoms with E-state index < -0.39 is 31.8 Å². The van der Waals surface area contributed by atoms with Crippen LogP contribution in [0.2, 0.25) is 10.0 Å². The SMILES string of the molecule is N#Cc1ccc(N2CCN(S(=O)(=O)c3ccc(CNC(=O)c4ccc(Cl)cc4)s3)CC2)nc1.O=C(NCc1ccc(S(=O)(=O)N2CCN(c3cc(C(F)(F)F)ccn3)CC2)s1)c1ccc(Cl)cc1. The monoisotopic (exact) mass is 1050 g/mol. The van der Waals surface area contributed by atoms with Gasteiger partial charge in [0.05, 0.1) is 24.2 Å². The smallest absolute Gasteiger partial charge is 0.354 e. The number of alkyl halides is 3. The van der Waals surface area contributed by atoms with Gasteiger partial charge in [-0.1, -0.05) is 23.2 Å². The highest BCUT2D eigenvalue weighted by atomic mass is 35.5. The third-order valence-electron chi connectivity index (χ3n) is 10.6. The Kier molecular flexibility index (Phi) is 16.1. The lowest BCUT2D eigenvalue weighted by Gasteiger charge is -2.34. The fourth-order valence-electron chi connectivity index (χ4n) is 6.90. The molecule has 8 rings (SSSR count). The summed E-state index contributed by atoms with van der Waals surface area (Å²) in [6, 6.07) is 26.8. The molecule has 0 spiro atoms. The number of thiophene rings is 2. The van der Waals surface area contributed by atoms with Crippen molar-refractivity contribution >= 4 is 89.4 Å². The van der Waals surface area contributed by atoms with Crippen LogP contribution in [-0.2, 0) is 39.3 Å². The van der Waals surface area contributed by atoms with Crippen LogP contribution in [0.3, 0.4) is 0 Å². The van der Waals surface area contributed by atoms with Crippen LogP contribution in [0.25, 0.3) is 0 Å². The number of hydrogen-bond acceptors (Lipinski definition) is 13. The molecule has 68 heavy (non-hydrogen) atoms. The summed E-state index contributed by atoms with van der Waals surface area (Å²) in [5.41, 5.74) is 0.606. The van der Waals surface area contributed by atoms with Gasteiger partial charge in [-0.3, -0.25) is 9.59 Å².